The predicted molar refractivity (Wildman–Crippen MR) is 90.3 cm³/mol. The largest absolute Gasteiger partial charge is 0.312 e. The van der Waals surface area contributed by atoms with Crippen LogP contribution in [0.2, 0.25) is 0 Å². The minimum Gasteiger partial charge on any atom is -0.312 e. The number of unbranched alkanes of at least 4 members (excludes halogenated alkanes) is 2. The first kappa shape index (κ1) is 17.2. The molecule has 0 saturated heterocycles. The van der Waals surface area contributed by atoms with Gasteiger partial charge in [-0.25, -0.2) is 0 Å². The lowest BCUT2D eigenvalue weighted by Gasteiger charge is -2.25. The van der Waals surface area contributed by atoms with Crippen LogP contribution in [0.4, 0.5) is 0 Å². The lowest BCUT2D eigenvalue weighted by molar-refractivity contribution is 0.301. The van der Waals surface area contributed by atoms with Crippen LogP contribution < -0.4 is 5.32 Å². The third kappa shape index (κ3) is 5.66. The van der Waals surface area contributed by atoms with Crippen molar-refractivity contribution in [2.24, 2.45) is 5.41 Å². The molecule has 0 fully saturated rings. The van der Waals surface area contributed by atoms with E-state index >= 15 is 0 Å². The Kier molecular flexibility index (Phi) is 6.75. The second-order valence-corrected chi connectivity index (χ2v) is 7.10. The van der Waals surface area contributed by atoms with Crippen LogP contribution in [-0.2, 0) is 6.54 Å². The summed E-state index contributed by atoms with van der Waals surface area (Å²) < 4.78 is 0. The van der Waals surface area contributed by atoms with Crippen LogP contribution in [0, 0.1) is 26.2 Å². The van der Waals surface area contributed by atoms with E-state index in [0.29, 0.717) is 5.41 Å². The summed E-state index contributed by atoms with van der Waals surface area (Å²) in [4.78, 5) is 0. The Labute approximate surface area is 126 Å². The smallest absolute Gasteiger partial charge is 0.0210 e. The normalized spacial score (nSPS) is 11.9. The molecule has 0 heterocycles. The molecule has 1 aromatic carbocycles. The van der Waals surface area contributed by atoms with Gasteiger partial charge in [0.05, 0.1) is 0 Å². The molecule has 0 aliphatic heterocycles. The van der Waals surface area contributed by atoms with Crippen molar-refractivity contribution in [1.29, 1.82) is 0 Å². The van der Waals surface area contributed by atoms with Crippen molar-refractivity contribution in [3.05, 3.63) is 34.4 Å². The zero-order chi connectivity index (χ0) is 15.2. The van der Waals surface area contributed by atoms with Gasteiger partial charge in [0.1, 0.15) is 0 Å². The van der Waals surface area contributed by atoms with Gasteiger partial charge in [-0.2, -0.15) is 0 Å². The van der Waals surface area contributed by atoms with Gasteiger partial charge in [-0.3, -0.25) is 0 Å². The number of benzene rings is 1. The average molecular weight is 275 g/mol. The highest BCUT2D eigenvalue weighted by molar-refractivity contribution is 5.37. The highest BCUT2D eigenvalue weighted by Crippen LogP contribution is 2.23. The van der Waals surface area contributed by atoms with E-state index in [1.54, 1.807) is 0 Å². The molecule has 0 saturated carbocycles. The molecule has 0 radical (unpaired) electrons. The van der Waals surface area contributed by atoms with E-state index in [4.69, 9.17) is 0 Å². The molecule has 0 amide bonds. The lowest BCUT2D eigenvalue weighted by Crippen LogP contribution is -2.29. The minimum atomic E-state index is 0.404. The molecule has 0 unspecified atom stereocenters. The van der Waals surface area contributed by atoms with Crippen LogP contribution in [0.3, 0.4) is 0 Å². The summed E-state index contributed by atoms with van der Waals surface area (Å²) >= 11 is 0. The summed E-state index contributed by atoms with van der Waals surface area (Å²) in [5, 5.41) is 3.67. The standard InChI is InChI=1S/C19H33N/c1-7-8-9-10-19(5,6)14-20-13-18-16(3)11-15(2)12-17(18)4/h11-12,20H,7-10,13-14H2,1-6H3. The fourth-order valence-electron chi connectivity index (χ4n) is 2.96. The maximum absolute atomic E-state index is 3.67. The van der Waals surface area contributed by atoms with Crippen LogP contribution in [-0.4, -0.2) is 6.54 Å². The van der Waals surface area contributed by atoms with Crippen molar-refractivity contribution in [2.45, 2.75) is 73.8 Å². The molecule has 1 heteroatoms. The zero-order valence-electron chi connectivity index (χ0n) is 14.4. The van der Waals surface area contributed by atoms with E-state index in [9.17, 15) is 0 Å². The Bertz CT molecular complexity index is 395. The van der Waals surface area contributed by atoms with E-state index in [-0.39, 0.29) is 0 Å². The molecular weight excluding hydrogens is 242 g/mol. The summed E-state index contributed by atoms with van der Waals surface area (Å²) in [6.45, 7) is 15.8. The van der Waals surface area contributed by atoms with Crippen molar-refractivity contribution >= 4 is 0 Å². The molecule has 1 nitrogen and oxygen atoms in total. The number of hydrogen-bond donors (Lipinski definition) is 1. The van der Waals surface area contributed by atoms with Crippen molar-refractivity contribution in [1.82, 2.24) is 5.32 Å². The second-order valence-electron chi connectivity index (χ2n) is 7.10. The minimum absolute atomic E-state index is 0.404. The van der Waals surface area contributed by atoms with Crippen LogP contribution in [0.1, 0.15) is 68.7 Å². The van der Waals surface area contributed by atoms with Crippen molar-refractivity contribution < 1.29 is 0 Å². The summed E-state index contributed by atoms with van der Waals surface area (Å²) in [5.74, 6) is 0. The Balaban J connectivity index is 2.48. The molecule has 1 aromatic rings. The van der Waals surface area contributed by atoms with E-state index < -0.39 is 0 Å². The molecule has 20 heavy (non-hydrogen) atoms. The molecule has 1 N–H and O–H groups in total. The Morgan fingerprint density at radius 2 is 1.60 bits per heavy atom. The fourth-order valence-corrected chi connectivity index (χ4v) is 2.96. The Hall–Kier alpha value is -0.820. The topological polar surface area (TPSA) is 12.0 Å². The van der Waals surface area contributed by atoms with Gasteiger partial charge in [0.15, 0.2) is 0 Å². The monoisotopic (exact) mass is 275 g/mol. The quantitative estimate of drug-likeness (QED) is 0.634. The maximum atomic E-state index is 3.67. The molecular formula is C19H33N. The van der Waals surface area contributed by atoms with E-state index in [1.807, 2.05) is 0 Å². The Morgan fingerprint density at radius 1 is 1.00 bits per heavy atom. The third-order valence-electron chi connectivity index (χ3n) is 4.20. The van der Waals surface area contributed by atoms with Gasteiger partial charge >= 0.3 is 0 Å². The molecule has 0 aromatic heterocycles. The highest BCUT2D eigenvalue weighted by Gasteiger charge is 2.16. The number of hydrogen-bond acceptors (Lipinski definition) is 1. The van der Waals surface area contributed by atoms with Crippen molar-refractivity contribution in [2.75, 3.05) is 6.54 Å². The van der Waals surface area contributed by atoms with Crippen LogP contribution >= 0.6 is 0 Å². The van der Waals surface area contributed by atoms with Gasteiger partial charge in [0.25, 0.3) is 0 Å². The molecule has 0 spiro atoms. The number of nitrogens with one attached hydrogen (secondary N) is 1. The lowest BCUT2D eigenvalue weighted by atomic mass is 9.86. The van der Waals surface area contributed by atoms with Gasteiger partial charge in [-0.15, -0.1) is 0 Å². The molecule has 0 aliphatic rings. The molecule has 1 rings (SSSR count). The van der Waals surface area contributed by atoms with Gasteiger partial charge in [-0.05, 0) is 49.3 Å². The summed E-state index contributed by atoms with van der Waals surface area (Å²) in [7, 11) is 0. The summed E-state index contributed by atoms with van der Waals surface area (Å²) in [5.41, 5.74) is 6.07. The van der Waals surface area contributed by atoms with Crippen LogP contribution in [0.25, 0.3) is 0 Å². The van der Waals surface area contributed by atoms with E-state index in [2.05, 4.69) is 59.0 Å². The number of aryl methyl sites for hydroxylation is 3. The van der Waals surface area contributed by atoms with Gasteiger partial charge in [-0.1, -0.05) is 57.7 Å². The molecule has 0 atom stereocenters. The highest BCUT2D eigenvalue weighted by atomic mass is 14.9. The van der Waals surface area contributed by atoms with Gasteiger partial charge in [0.2, 0.25) is 0 Å². The average Bonchev–Trinajstić information content (AvgIpc) is 2.32. The first-order valence-electron chi connectivity index (χ1n) is 8.13. The first-order chi connectivity index (χ1) is 9.35. The van der Waals surface area contributed by atoms with Crippen LogP contribution in [0.5, 0.6) is 0 Å². The third-order valence-corrected chi connectivity index (χ3v) is 4.20. The second kappa shape index (κ2) is 7.83. The maximum Gasteiger partial charge on any atom is 0.0210 e. The van der Waals surface area contributed by atoms with E-state index in [1.165, 1.54) is 47.9 Å². The number of rotatable bonds is 8. The van der Waals surface area contributed by atoms with E-state index in [0.717, 1.165) is 13.1 Å². The first-order valence-corrected chi connectivity index (χ1v) is 8.13. The summed E-state index contributed by atoms with van der Waals surface area (Å²) in [6.07, 6.45) is 5.35. The molecule has 114 valence electrons. The van der Waals surface area contributed by atoms with Crippen molar-refractivity contribution in [3.8, 4) is 0 Å². The Morgan fingerprint density at radius 3 is 2.15 bits per heavy atom. The van der Waals surface area contributed by atoms with Gasteiger partial charge < -0.3 is 5.32 Å². The van der Waals surface area contributed by atoms with Gasteiger partial charge in [0, 0.05) is 13.1 Å². The molecule has 0 bridgehead atoms. The SMILES string of the molecule is CCCCCC(C)(C)CNCc1c(C)cc(C)cc1C. The van der Waals surface area contributed by atoms with Crippen LogP contribution in [0.15, 0.2) is 12.1 Å². The molecule has 0 aliphatic carbocycles. The zero-order valence-corrected chi connectivity index (χ0v) is 14.4. The summed E-state index contributed by atoms with van der Waals surface area (Å²) in [6, 6.07) is 4.58. The predicted octanol–water partition coefficient (Wildman–Crippen LogP) is 5.31. The fraction of sp³-hybridized carbons (Fsp3) is 0.684. The van der Waals surface area contributed by atoms with Crippen molar-refractivity contribution in [3.63, 3.8) is 0 Å².